The van der Waals surface area contributed by atoms with Gasteiger partial charge in [0, 0.05) is 10.6 Å². The van der Waals surface area contributed by atoms with Crippen LogP contribution in [0.5, 0.6) is 0 Å². The summed E-state index contributed by atoms with van der Waals surface area (Å²) in [6.45, 7) is 0. The second-order valence-electron chi connectivity index (χ2n) is 5.78. The Kier molecular flexibility index (Phi) is 4.82. The van der Waals surface area contributed by atoms with Crippen molar-refractivity contribution < 1.29 is 13.2 Å². The average molecular weight is 349 g/mol. The van der Waals surface area contributed by atoms with Crippen LogP contribution >= 0.6 is 11.3 Å². The molecule has 1 amide bonds. The van der Waals surface area contributed by atoms with E-state index in [0.29, 0.717) is 17.0 Å². The van der Waals surface area contributed by atoms with Crippen molar-refractivity contribution in [2.75, 3.05) is 5.32 Å². The Labute approximate surface area is 140 Å². The molecule has 4 nitrogen and oxygen atoms in total. The van der Waals surface area contributed by atoms with Gasteiger partial charge < -0.3 is 5.32 Å². The van der Waals surface area contributed by atoms with E-state index in [4.69, 9.17) is 0 Å². The number of carbonyl (C=O) groups excluding carboxylic acids is 1. The molecule has 6 heteroatoms. The summed E-state index contributed by atoms with van der Waals surface area (Å²) in [5.41, 5.74) is 0.622. The molecule has 1 aliphatic carbocycles. The summed E-state index contributed by atoms with van der Waals surface area (Å²) in [5, 5.41) is 4.49. The molecule has 122 valence electrons. The fourth-order valence-electron chi connectivity index (χ4n) is 2.90. The molecule has 1 heterocycles. The highest BCUT2D eigenvalue weighted by molar-refractivity contribution is 7.92. The predicted octanol–water partition coefficient (Wildman–Crippen LogP) is 3.65. The van der Waals surface area contributed by atoms with Crippen LogP contribution in [0.15, 0.2) is 46.7 Å². The first-order valence-electron chi connectivity index (χ1n) is 7.72. The Morgan fingerprint density at radius 1 is 1.13 bits per heavy atom. The largest absolute Gasteiger partial charge is 0.326 e. The first kappa shape index (κ1) is 16.2. The van der Waals surface area contributed by atoms with Crippen molar-refractivity contribution >= 4 is 32.8 Å². The summed E-state index contributed by atoms with van der Waals surface area (Å²) in [5.74, 6) is -0.0983. The zero-order chi connectivity index (χ0) is 16.3. The van der Waals surface area contributed by atoms with Crippen LogP contribution in [-0.4, -0.2) is 19.6 Å². The number of hydrogen-bond acceptors (Lipinski definition) is 4. The smallest absolute Gasteiger partial charge is 0.229 e. The van der Waals surface area contributed by atoms with Crippen molar-refractivity contribution in [2.45, 2.75) is 42.2 Å². The minimum absolute atomic E-state index is 0.0983. The van der Waals surface area contributed by atoms with Gasteiger partial charge in [-0.15, -0.1) is 11.3 Å². The molecule has 1 aromatic heterocycles. The van der Waals surface area contributed by atoms with Crippen LogP contribution in [0.1, 0.15) is 30.6 Å². The summed E-state index contributed by atoms with van der Waals surface area (Å²) in [4.78, 5) is 13.3. The quantitative estimate of drug-likeness (QED) is 0.896. The van der Waals surface area contributed by atoms with E-state index < -0.39 is 9.84 Å². The fourth-order valence-corrected chi connectivity index (χ4v) is 5.45. The molecule has 1 aromatic carbocycles. The lowest BCUT2D eigenvalue weighted by molar-refractivity contribution is -0.115. The summed E-state index contributed by atoms with van der Waals surface area (Å²) in [6, 6.07) is 10.3. The molecule has 3 rings (SSSR count). The van der Waals surface area contributed by atoms with Gasteiger partial charge in [0.1, 0.15) is 0 Å². The Hall–Kier alpha value is -1.66. The van der Waals surface area contributed by atoms with Crippen LogP contribution in [0.4, 0.5) is 5.69 Å². The van der Waals surface area contributed by atoms with E-state index in [0.717, 1.165) is 30.6 Å². The van der Waals surface area contributed by atoms with Gasteiger partial charge in [0.05, 0.1) is 16.6 Å². The molecule has 0 atom stereocenters. The maximum absolute atomic E-state index is 12.5. The van der Waals surface area contributed by atoms with E-state index in [-0.39, 0.29) is 11.2 Å². The summed E-state index contributed by atoms with van der Waals surface area (Å²) < 4.78 is 25.0. The lowest BCUT2D eigenvalue weighted by Gasteiger charge is -2.12. The third-order valence-corrected chi connectivity index (χ3v) is 7.28. The number of hydrogen-bond donors (Lipinski definition) is 1. The molecule has 0 radical (unpaired) electrons. The average Bonchev–Trinajstić information content (AvgIpc) is 3.21. The number of benzene rings is 1. The molecule has 1 aliphatic rings. The maximum Gasteiger partial charge on any atom is 0.229 e. The molecule has 0 aliphatic heterocycles. The SMILES string of the molecule is O=C(Cc1cccs1)Nc1ccc(S(=O)(=O)C2CCCC2)cc1. The van der Waals surface area contributed by atoms with Crippen LogP contribution in [0, 0.1) is 0 Å². The van der Waals surface area contributed by atoms with Gasteiger partial charge in [-0.25, -0.2) is 8.42 Å². The third-order valence-electron chi connectivity index (χ3n) is 4.12. The van der Waals surface area contributed by atoms with Crippen LogP contribution in [0.3, 0.4) is 0 Å². The molecule has 1 fully saturated rings. The van der Waals surface area contributed by atoms with Crippen LogP contribution in [-0.2, 0) is 21.1 Å². The first-order chi connectivity index (χ1) is 11.1. The molecule has 2 aromatic rings. The Bertz CT molecular complexity index is 759. The highest BCUT2D eigenvalue weighted by atomic mass is 32.2. The maximum atomic E-state index is 12.5. The van der Waals surface area contributed by atoms with E-state index in [9.17, 15) is 13.2 Å². The topological polar surface area (TPSA) is 63.2 Å². The van der Waals surface area contributed by atoms with Crippen molar-refractivity contribution in [3.63, 3.8) is 0 Å². The lowest BCUT2D eigenvalue weighted by atomic mass is 10.3. The number of amides is 1. The molecule has 0 spiro atoms. The molecule has 0 saturated heterocycles. The zero-order valence-corrected chi connectivity index (χ0v) is 14.3. The number of rotatable bonds is 5. The first-order valence-corrected chi connectivity index (χ1v) is 10.1. The van der Waals surface area contributed by atoms with Gasteiger partial charge in [-0.1, -0.05) is 18.9 Å². The number of anilines is 1. The van der Waals surface area contributed by atoms with Crippen LogP contribution < -0.4 is 5.32 Å². The normalized spacial score (nSPS) is 15.7. The predicted molar refractivity (Wildman–Crippen MR) is 92.5 cm³/mol. The lowest BCUT2D eigenvalue weighted by Crippen LogP contribution is -2.18. The molecule has 1 N–H and O–H groups in total. The van der Waals surface area contributed by atoms with Gasteiger partial charge in [0.15, 0.2) is 9.84 Å². The van der Waals surface area contributed by atoms with E-state index in [1.165, 1.54) is 0 Å². The monoisotopic (exact) mass is 349 g/mol. The van der Waals surface area contributed by atoms with Gasteiger partial charge in [0.2, 0.25) is 5.91 Å². The molecule has 1 saturated carbocycles. The van der Waals surface area contributed by atoms with Gasteiger partial charge in [-0.2, -0.15) is 0 Å². The Morgan fingerprint density at radius 2 is 1.83 bits per heavy atom. The van der Waals surface area contributed by atoms with Gasteiger partial charge in [-0.05, 0) is 48.6 Å². The fraction of sp³-hybridized carbons (Fsp3) is 0.353. The minimum atomic E-state index is -3.24. The van der Waals surface area contributed by atoms with Crippen molar-refractivity contribution in [3.05, 3.63) is 46.7 Å². The Morgan fingerprint density at radius 3 is 2.43 bits per heavy atom. The summed E-state index contributed by atoms with van der Waals surface area (Å²) in [6.07, 6.45) is 3.81. The number of thiophene rings is 1. The van der Waals surface area contributed by atoms with E-state index in [2.05, 4.69) is 5.32 Å². The molecule has 23 heavy (non-hydrogen) atoms. The molecular weight excluding hydrogens is 330 g/mol. The van der Waals surface area contributed by atoms with E-state index >= 15 is 0 Å². The van der Waals surface area contributed by atoms with Gasteiger partial charge in [-0.3, -0.25) is 4.79 Å². The standard InChI is InChI=1S/C17H19NO3S2/c19-17(12-14-4-3-11-22-14)18-13-7-9-16(10-8-13)23(20,21)15-5-1-2-6-15/h3-4,7-11,15H,1-2,5-6,12H2,(H,18,19). The second kappa shape index (κ2) is 6.84. The third kappa shape index (κ3) is 3.82. The zero-order valence-electron chi connectivity index (χ0n) is 12.7. The Balaban J connectivity index is 1.66. The van der Waals surface area contributed by atoms with Crippen LogP contribution in [0.25, 0.3) is 0 Å². The van der Waals surface area contributed by atoms with Crippen LogP contribution in [0.2, 0.25) is 0 Å². The van der Waals surface area contributed by atoms with E-state index in [1.807, 2.05) is 17.5 Å². The van der Waals surface area contributed by atoms with Gasteiger partial charge in [0.25, 0.3) is 0 Å². The van der Waals surface area contributed by atoms with Gasteiger partial charge >= 0.3 is 0 Å². The number of sulfone groups is 1. The summed E-state index contributed by atoms with van der Waals surface area (Å²) >= 11 is 1.54. The van der Waals surface area contributed by atoms with E-state index in [1.54, 1.807) is 35.6 Å². The molecule has 0 unspecified atom stereocenters. The minimum Gasteiger partial charge on any atom is -0.326 e. The molecule has 0 bridgehead atoms. The molecular formula is C17H19NO3S2. The van der Waals surface area contributed by atoms with Crippen molar-refractivity contribution in [1.82, 2.24) is 0 Å². The highest BCUT2D eigenvalue weighted by Gasteiger charge is 2.30. The number of carbonyl (C=O) groups is 1. The van der Waals surface area contributed by atoms with Crippen molar-refractivity contribution in [2.24, 2.45) is 0 Å². The number of nitrogens with one attached hydrogen (secondary N) is 1. The second-order valence-corrected chi connectivity index (χ2v) is 9.04. The summed E-state index contributed by atoms with van der Waals surface area (Å²) in [7, 11) is -3.24. The van der Waals surface area contributed by atoms with Crippen molar-refractivity contribution in [3.8, 4) is 0 Å². The highest BCUT2D eigenvalue weighted by Crippen LogP contribution is 2.30. The van der Waals surface area contributed by atoms with Crippen molar-refractivity contribution in [1.29, 1.82) is 0 Å².